The van der Waals surface area contributed by atoms with Crippen LogP contribution in [0.15, 0.2) is 94.9 Å². The van der Waals surface area contributed by atoms with Crippen LogP contribution in [0.2, 0.25) is 0 Å². The zero-order chi connectivity index (χ0) is 36.2. The van der Waals surface area contributed by atoms with E-state index in [2.05, 4.69) is 36.2 Å². The Bertz CT molecular complexity index is 2450. The molecule has 1 saturated heterocycles. The average molecular weight is 727 g/mol. The summed E-state index contributed by atoms with van der Waals surface area (Å²) in [7, 11) is 3.15. The average Bonchev–Trinajstić information content (AvgIpc) is 3.72. The van der Waals surface area contributed by atoms with Gasteiger partial charge in [0.1, 0.15) is 19.0 Å². The number of hydrogen-bond donors (Lipinski definition) is 2. The lowest BCUT2D eigenvalue weighted by molar-refractivity contribution is 0.0789. The van der Waals surface area contributed by atoms with Crippen molar-refractivity contribution in [3.63, 3.8) is 0 Å². The Morgan fingerprint density at radius 3 is 2.34 bits per heavy atom. The molecule has 1 N–H and O–H groups in total. The van der Waals surface area contributed by atoms with E-state index in [-0.39, 0.29) is 30.7 Å². The molecule has 1 aliphatic carbocycles. The number of nitrogens with zero attached hydrogens (tertiary/aromatic N) is 3. The molecular formula is C42H38N4O6S. The molecule has 0 saturated carbocycles. The molecule has 1 amide bonds. The second kappa shape index (κ2) is 13.4. The number of thiol groups is 1. The molecule has 53 heavy (non-hydrogen) atoms. The number of anilines is 1. The molecule has 0 spiro atoms. The third kappa shape index (κ3) is 5.79. The minimum atomic E-state index is -0.132. The second-order valence-corrected chi connectivity index (χ2v) is 14.1. The summed E-state index contributed by atoms with van der Waals surface area (Å²) in [5.74, 6) is 3.18. The Morgan fingerprint density at radius 1 is 0.849 bits per heavy atom. The molecule has 4 aliphatic rings. The zero-order valence-electron chi connectivity index (χ0n) is 29.5. The van der Waals surface area contributed by atoms with E-state index in [1.54, 1.807) is 37.0 Å². The van der Waals surface area contributed by atoms with Crippen LogP contribution in [0.3, 0.4) is 0 Å². The number of hydrogen-bond acceptors (Lipinski definition) is 9. The number of amides is 1. The van der Waals surface area contributed by atoms with Crippen molar-refractivity contribution in [2.24, 2.45) is 0 Å². The Kier molecular flexibility index (Phi) is 8.38. The standard InChI is InChI=1S/C42H38N4O6S/c1-49-36-16-30-32(43-20-29-14-27-7-3-5-9-34(27)45(29)41(30)47)18-38(36)51-21-24-11-25(13-26(12-24)23-53)22-52-39-19-33-31(17-37(39)50-2)42(48)46-35-10-6-4-8-28(35)15-40(46)44-33/h4,6-13,16-19,29,43,53H,3,5,14-15,20-23H2,1-2H3/t29-/m0/s1. The molecule has 4 aromatic carbocycles. The molecule has 1 fully saturated rings. The fourth-order valence-electron chi connectivity index (χ4n) is 8.00. The van der Waals surface area contributed by atoms with Gasteiger partial charge in [0.25, 0.3) is 11.5 Å². The van der Waals surface area contributed by atoms with Crippen molar-refractivity contribution in [3.8, 4) is 28.7 Å². The molecule has 268 valence electrons. The summed E-state index contributed by atoms with van der Waals surface area (Å²) in [5.41, 5.74) is 8.83. The van der Waals surface area contributed by atoms with Gasteiger partial charge in [0.05, 0.1) is 48.1 Å². The van der Waals surface area contributed by atoms with Crippen molar-refractivity contribution >= 4 is 35.1 Å². The molecule has 11 heteroatoms. The van der Waals surface area contributed by atoms with Crippen molar-refractivity contribution in [3.05, 3.63) is 134 Å². The van der Waals surface area contributed by atoms with E-state index in [4.69, 9.17) is 23.9 Å². The summed E-state index contributed by atoms with van der Waals surface area (Å²) in [6.07, 6.45) is 7.87. The highest BCUT2D eigenvalue weighted by Gasteiger charge is 2.40. The van der Waals surface area contributed by atoms with Gasteiger partial charge in [0, 0.05) is 36.5 Å². The van der Waals surface area contributed by atoms with Gasteiger partial charge >= 0.3 is 0 Å². The zero-order valence-corrected chi connectivity index (χ0v) is 30.4. The number of fused-ring (bicyclic) bond motifs is 8. The topological polar surface area (TPSA) is 104 Å². The van der Waals surface area contributed by atoms with E-state index in [0.29, 0.717) is 64.0 Å². The summed E-state index contributed by atoms with van der Waals surface area (Å²) in [6.45, 7) is 1.15. The summed E-state index contributed by atoms with van der Waals surface area (Å²) in [5, 5.41) is 3.98. The quantitative estimate of drug-likeness (QED) is 0.152. The van der Waals surface area contributed by atoms with E-state index < -0.39 is 0 Å². The molecule has 1 aromatic heterocycles. The maximum absolute atomic E-state index is 13.9. The number of carbonyl (C=O) groups is 1. The van der Waals surface area contributed by atoms with Gasteiger partial charge in [-0.3, -0.25) is 14.2 Å². The van der Waals surface area contributed by atoms with Gasteiger partial charge in [-0.25, -0.2) is 4.98 Å². The monoisotopic (exact) mass is 726 g/mol. The van der Waals surface area contributed by atoms with E-state index in [1.165, 1.54) is 5.57 Å². The summed E-state index contributed by atoms with van der Waals surface area (Å²) in [6, 6.07) is 21.2. The molecule has 5 aromatic rings. The van der Waals surface area contributed by atoms with Crippen LogP contribution in [0, 0.1) is 0 Å². The number of allylic oxidation sites excluding steroid dienone is 3. The summed E-state index contributed by atoms with van der Waals surface area (Å²) in [4.78, 5) is 34.3. The second-order valence-electron chi connectivity index (χ2n) is 13.7. The molecule has 0 radical (unpaired) electrons. The Balaban J connectivity index is 0.947. The number of aromatic nitrogens is 2. The van der Waals surface area contributed by atoms with Crippen LogP contribution < -0.4 is 29.8 Å². The van der Waals surface area contributed by atoms with Crippen molar-refractivity contribution in [2.75, 3.05) is 26.1 Å². The highest BCUT2D eigenvalue weighted by molar-refractivity contribution is 7.79. The SMILES string of the molecule is COc1cc2c(cc1OCc1cc(CS)cc(COc3cc4nc5n(c(=O)c4cc3OC)-c3ccccc3C5)c1)NC[C@@H]1CC3=CCCC=C3N1C2=O. The minimum Gasteiger partial charge on any atom is -0.493 e. The summed E-state index contributed by atoms with van der Waals surface area (Å²) >= 11 is 4.56. The third-order valence-corrected chi connectivity index (χ3v) is 10.8. The molecular weight excluding hydrogens is 689 g/mol. The first-order valence-corrected chi connectivity index (χ1v) is 18.4. The number of para-hydroxylation sites is 1. The predicted molar refractivity (Wildman–Crippen MR) is 206 cm³/mol. The molecule has 10 nitrogen and oxygen atoms in total. The fourth-order valence-corrected chi connectivity index (χ4v) is 8.18. The largest absolute Gasteiger partial charge is 0.493 e. The van der Waals surface area contributed by atoms with Gasteiger partial charge in [-0.2, -0.15) is 12.6 Å². The van der Waals surface area contributed by atoms with Crippen LogP contribution in [0.4, 0.5) is 5.69 Å². The lowest BCUT2D eigenvalue weighted by atomic mass is 10.0. The van der Waals surface area contributed by atoms with Crippen LogP contribution in [0.5, 0.6) is 23.0 Å². The first kappa shape index (κ1) is 33.2. The molecule has 1 atom stereocenters. The molecule has 3 aliphatic heterocycles. The van der Waals surface area contributed by atoms with Crippen molar-refractivity contribution in [1.29, 1.82) is 0 Å². The maximum atomic E-state index is 13.9. The first-order valence-electron chi connectivity index (χ1n) is 17.8. The van der Waals surface area contributed by atoms with Gasteiger partial charge in [-0.15, -0.1) is 0 Å². The Morgan fingerprint density at radius 2 is 1.57 bits per heavy atom. The fraction of sp³-hybridized carbons (Fsp3) is 0.262. The number of carbonyl (C=O) groups excluding carboxylic acids is 1. The highest BCUT2D eigenvalue weighted by atomic mass is 32.1. The number of rotatable bonds is 9. The Labute approximate surface area is 312 Å². The number of nitrogens with one attached hydrogen (secondary N) is 1. The predicted octanol–water partition coefficient (Wildman–Crippen LogP) is 7.14. The highest BCUT2D eigenvalue weighted by Crippen LogP contribution is 2.42. The van der Waals surface area contributed by atoms with E-state index in [1.807, 2.05) is 47.4 Å². The van der Waals surface area contributed by atoms with E-state index in [9.17, 15) is 9.59 Å². The lowest BCUT2D eigenvalue weighted by Gasteiger charge is -2.24. The van der Waals surface area contributed by atoms with Gasteiger partial charge in [0.15, 0.2) is 23.0 Å². The molecule has 9 rings (SSSR count). The molecule has 0 bridgehead atoms. The van der Waals surface area contributed by atoms with Crippen molar-refractivity contribution in [1.82, 2.24) is 14.5 Å². The molecule has 4 heterocycles. The van der Waals surface area contributed by atoms with Gasteiger partial charge in [-0.05, 0) is 71.4 Å². The summed E-state index contributed by atoms with van der Waals surface area (Å²) < 4.78 is 25.8. The first-order chi connectivity index (χ1) is 25.9. The number of benzene rings is 4. The maximum Gasteiger partial charge on any atom is 0.266 e. The molecule has 0 unspecified atom stereocenters. The van der Waals surface area contributed by atoms with Crippen LogP contribution in [-0.4, -0.2) is 47.2 Å². The third-order valence-electron chi connectivity index (χ3n) is 10.5. The Hall–Kier alpha value is -5.68. The normalized spacial score (nSPS) is 16.7. The van der Waals surface area contributed by atoms with Crippen LogP contribution >= 0.6 is 12.6 Å². The van der Waals surface area contributed by atoms with E-state index in [0.717, 1.165) is 58.6 Å². The van der Waals surface area contributed by atoms with Gasteiger partial charge < -0.3 is 29.2 Å². The van der Waals surface area contributed by atoms with Gasteiger partial charge in [0.2, 0.25) is 0 Å². The van der Waals surface area contributed by atoms with Crippen molar-refractivity contribution in [2.45, 2.75) is 50.7 Å². The van der Waals surface area contributed by atoms with Gasteiger partial charge in [-0.1, -0.05) is 42.5 Å². The van der Waals surface area contributed by atoms with Crippen LogP contribution in [0.1, 0.15) is 57.7 Å². The van der Waals surface area contributed by atoms with Crippen molar-refractivity contribution < 1.29 is 23.7 Å². The van der Waals surface area contributed by atoms with Crippen LogP contribution in [0.25, 0.3) is 16.6 Å². The number of methoxy groups -OCH3 is 2. The number of ether oxygens (including phenoxy) is 4. The minimum absolute atomic E-state index is 0.0248. The lowest BCUT2D eigenvalue weighted by Crippen LogP contribution is -2.36. The van der Waals surface area contributed by atoms with Crippen LogP contribution in [-0.2, 0) is 25.4 Å². The van der Waals surface area contributed by atoms with E-state index >= 15 is 0 Å². The smallest absolute Gasteiger partial charge is 0.266 e.